The van der Waals surface area contributed by atoms with Gasteiger partial charge in [0.25, 0.3) is 0 Å². The minimum Gasteiger partial charge on any atom is -0.445 e. The van der Waals surface area contributed by atoms with E-state index in [4.69, 9.17) is 9.47 Å². The van der Waals surface area contributed by atoms with E-state index in [2.05, 4.69) is 9.97 Å². The molecule has 1 saturated heterocycles. The number of amides is 2. The molecule has 4 rings (SSSR count). The smallest absolute Gasteiger partial charge is 0.410 e. The van der Waals surface area contributed by atoms with Gasteiger partial charge in [-0.1, -0.05) is 30.3 Å². The van der Waals surface area contributed by atoms with Crippen LogP contribution in [0.4, 0.5) is 15.4 Å². The van der Waals surface area contributed by atoms with Crippen LogP contribution in [0.15, 0.2) is 35.5 Å². The number of fused-ring (bicyclic) bond motifs is 1. The van der Waals surface area contributed by atoms with Crippen molar-refractivity contribution in [2.45, 2.75) is 51.1 Å². The minimum atomic E-state index is -3.69. The standard InChI is InChI=1S/C25H33N5O6S/c1-25(2,3)36-24(32)30-11-10-19-20(16-30)26-22(37(4,33)34)27-21(19)28-12-14-29(15-13-28)23(31)35-17-18-8-6-5-7-9-18/h5-9H,10-17H2,1-4H3. The van der Waals surface area contributed by atoms with Crippen LogP contribution >= 0.6 is 0 Å². The van der Waals surface area contributed by atoms with E-state index in [1.54, 1.807) is 25.7 Å². The third-order valence-electron chi connectivity index (χ3n) is 6.05. The van der Waals surface area contributed by atoms with E-state index < -0.39 is 27.6 Å². The van der Waals surface area contributed by atoms with Crippen LogP contribution in [0.5, 0.6) is 0 Å². The lowest BCUT2D eigenvalue weighted by molar-refractivity contribution is 0.0220. The Kier molecular flexibility index (Phi) is 7.58. The van der Waals surface area contributed by atoms with Gasteiger partial charge in [0.15, 0.2) is 0 Å². The summed E-state index contributed by atoms with van der Waals surface area (Å²) in [6, 6.07) is 9.48. The van der Waals surface area contributed by atoms with E-state index in [-0.39, 0.29) is 18.3 Å². The summed E-state index contributed by atoms with van der Waals surface area (Å²) in [4.78, 5) is 39.0. The number of sulfone groups is 1. The summed E-state index contributed by atoms with van der Waals surface area (Å²) < 4.78 is 35.7. The molecule has 12 heteroatoms. The molecule has 0 radical (unpaired) electrons. The fourth-order valence-electron chi connectivity index (χ4n) is 4.21. The van der Waals surface area contributed by atoms with Crippen LogP contribution in [0.3, 0.4) is 0 Å². The van der Waals surface area contributed by atoms with E-state index in [9.17, 15) is 18.0 Å². The Hall–Kier alpha value is -3.41. The predicted octanol–water partition coefficient (Wildman–Crippen LogP) is 2.63. The summed E-state index contributed by atoms with van der Waals surface area (Å²) in [6.07, 6.45) is 0.667. The molecule has 11 nitrogen and oxygen atoms in total. The first-order chi connectivity index (χ1) is 17.4. The Labute approximate surface area is 217 Å². The molecule has 37 heavy (non-hydrogen) atoms. The summed E-state index contributed by atoms with van der Waals surface area (Å²) in [7, 11) is -3.69. The van der Waals surface area contributed by atoms with Crippen LogP contribution in [-0.4, -0.2) is 85.0 Å². The second-order valence-electron chi connectivity index (χ2n) is 10.2. The van der Waals surface area contributed by atoms with Gasteiger partial charge < -0.3 is 24.2 Å². The average molecular weight is 532 g/mol. The SMILES string of the molecule is CC(C)(C)OC(=O)N1CCc2c(nc(S(C)(=O)=O)nc2N2CCN(C(=O)OCc3ccccc3)CC2)C1. The fourth-order valence-corrected chi connectivity index (χ4v) is 4.74. The first-order valence-electron chi connectivity index (χ1n) is 12.2. The van der Waals surface area contributed by atoms with E-state index in [0.29, 0.717) is 50.7 Å². The maximum absolute atomic E-state index is 12.6. The third kappa shape index (κ3) is 6.68. The zero-order valence-electron chi connectivity index (χ0n) is 21.6. The van der Waals surface area contributed by atoms with Gasteiger partial charge >= 0.3 is 12.2 Å². The van der Waals surface area contributed by atoms with Crippen molar-refractivity contribution in [1.82, 2.24) is 19.8 Å². The molecule has 0 spiro atoms. The molecule has 1 aromatic heterocycles. The Morgan fingerprint density at radius 1 is 0.946 bits per heavy atom. The second kappa shape index (κ2) is 10.5. The number of hydrogen-bond acceptors (Lipinski definition) is 9. The highest BCUT2D eigenvalue weighted by Crippen LogP contribution is 2.29. The van der Waals surface area contributed by atoms with Crippen molar-refractivity contribution in [3.63, 3.8) is 0 Å². The summed E-state index contributed by atoms with van der Waals surface area (Å²) in [5.74, 6) is 0.534. The molecule has 2 aromatic rings. The van der Waals surface area contributed by atoms with Crippen LogP contribution in [0, 0.1) is 0 Å². The molecule has 200 valence electrons. The topological polar surface area (TPSA) is 122 Å². The van der Waals surface area contributed by atoms with Gasteiger partial charge in [-0.05, 0) is 32.8 Å². The summed E-state index contributed by atoms with van der Waals surface area (Å²) in [5.41, 5.74) is 1.57. The Bertz CT molecular complexity index is 1250. The lowest BCUT2D eigenvalue weighted by atomic mass is 10.0. The molecule has 0 N–H and O–H groups in total. The van der Waals surface area contributed by atoms with Crippen molar-refractivity contribution in [2.75, 3.05) is 43.9 Å². The van der Waals surface area contributed by atoms with Crippen molar-refractivity contribution in [3.05, 3.63) is 47.2 Å². The van der Waals surface area contributed by atoms with Crippen LogP contribution in [0.1, 0.15) is 37.6 Å². The van der Waals surface area contributed by atoms with Crippen molar-refractivity contribution < 1.29 is 27.5 Å². The molecule has 0 unspecified atom stereocenters. The molecule has 2 aliphatic rings. The van der Waals surface area contributed by atoms with Gasteiger partial charge in [0.1, 0.15) is 18.0 Å². The molecule has 0 aliphatic carbocycles. The summed E-state index contributed by atoms with van der Waals surface area (Å²) >= 11 is 0. The molecule has 0 atom stereocenters. The minimum absolute atomic E-state index is 0.133. The molecular weight excluding hydrogens is 498 g/mol. The van der Waals surface area contributed by atoms with Gasteiger partial charge in [0.2, 0.25) is 15.0 Å². The zero-order valence-corrected chi connectivity index (χ0v) is 22.5. The molecule has 0 saturated carbocycles. The lowest BCUT2D eigenvalue weighted by Gasteiger charge is -2.37. The summed E-state index contributed by atoms with van der Waals surface area (Å²) in [6.45, 7) is 7.86. The van der Waals surface area contributed by atoms with E-state index in [1.807, 2.05) is 35.2 Å². The number of nitrogens with zero attached hydrogens (tertiary/aromatic N) is 5. The number of ether oxygens (including phenoxy) is 2. The molecular formula is C25H33N5O6S. The third-order valence-corrected chi connectivity index (χ3v) is 6.89. The van der Waals surface area contributed by atoms with Crippen LogP contribution in [0.2, 0.25) is 0 Å². The monoisotopic (exact) mass is 531 g/mol. The lowest BCUT2D eigenvalue weighted by Crippen LogP contribution is -2.50. The number of benzene rings is 1. The average Bonchev–Trinajstić information content (AvgIpc) is 2.85. The molecule has 2 amide bonds. The van der Waals surface area contributed by atoms with Crippen LogP contribution in [0.25, 0.3) is 0 Å². The Morgan fingerprint density at radius 3 is 2.24 bits per heavy atom. The Balaban J connectivity index is 1.48. The van der Waals surface area contributed by atoms with Crippen molar-refractivity contribution in [2.24, 2.45) is 0 Å². The van der Waals surface area contributed by atoms with Crippen LogP contribution in [-0.2, 0) is 38.9 Å². The van der Waals surface area contributed by atoms with E-state index >= 15 is 0 Å². The number of carbonyl (C=O) groups excluding carboxylic acids is 2. The number of hydrogen-bond donors (Lipinski definition) is 0. The largest absolute Gasteiger partial charge is 0.445 e. The highest BCUT2D eigenvalue weighted by Gasteiger charge is 2.32. The highest BCUT2D eigenvalue weighted by molar-refractivity contribution is 7.90. The van der Waals surface area contributed by atoms with E-state index in [0.717, 1.165) is 17.4 Å². The molecule has 1 fully saturated rings. The number of carbonyl (C=O) groups is 2. The van der Waals surface area contributed by atoms with Crippen molar-refractivity contribution in [1.29, 1.82) is 0 Å². The predicted molar refractivity (Wildman–Crippen MR) is 136 cm³/mol. The molecule has 1 aromatic carbocycles. The fraction of sp³-hybridized carbons (Fsp3) is 0.520. The number of anilines is 1. The quantitative estimate of drug-likeness (QED) is 0.548. The maximum Gasteiger partial charge on any atom is 0.410 e. The molecule has 3 heterocycles. The van der Waals surface area contributed by atoms with Gasteiger partial charge in [-0.3, -0.25) is 0 Å². The summed E-state index contributed by atoms with van der Waals surface area (Å²) in [5, 5.41) is -0.281. The van der Waals surface area contributed by atoms with Gasteiger partial charge in [0, 0.05) is 44.5 Å². The maximum atomic E-state index is 12.6. The number of piperazine rings is 1. The molecule has 2 aliphatic heterocycles. The van der Waals surface area contributed by atoms with Crippen molar-refractivity contribution in [3.8, 4) is 0 Å². The number of aromatic nitrogens is 2. The van der Waals surface area contributed by atoms with E-state index in [1.165, 1.54) is 4.90 Å². The second-order valence-corrected chi connectivity index (χ2v) is 12.1. The first-order valence-corrected chi connectivity index (χ1v) is 14.1. The zero-order chi connectivity index (χ0) is 26.8. The van der Waals surface area contributed by atoms with Gasteiger partial charge in [0.05, 0.1) is 12.2 Å². The number of rotatable bonds is 4. The van der Waals surface area contributed by atoms with Gasteiger partial charge in [-0.25, -0.2) is 28.0 Å². The van der Waals surface area contributed by atoms with Gasteiger partial charge in [-0.15, -0.1) is 0 Å². The molecule has 0 bridgehead atoms. The normalized spacial score (nSPS) is 16.3. The highest BCUT2D eigenvalue weighted by atomic mass is 32.2. The van der Waals surface area contributed by atoms with Crippen LogP contribution < -0.4 is 4.90 Å². The van der Waals surface area contributed by atoms with Gasteiger partial charge in [-0.2, -0.15) is 0 Å². The first kappa shape index (κ1) is 26.6. The Morgan fingerprint density at radius 2 is 1.62 bits per heavy atom. The van der Waals surface area contributed by atoms with Crippen molar-refractivity contribution >= 4 is 27.8 Å².